The van der Waals surface area contributed by atoms with Crippen molar-refractivity contribution in [3.8, 4) is 0 Å². The second kappa shape index (κ2) is 5.73. The van der Waals surface area contributed by atoms with E-state index in [1.54, 1.807) is 6.20 Å². The quantitative estimate of drug-likeness (QED) is 0.730. The minimum Gasteiger partial charge on any atom is -0.261 e. The molecule has 0 amide bonds. The highest BCUT2D eigenvalue weighted by Crippen LogP contribution is 2.32. The fourth-order valence-corrected chi connectivity index (χ4v) is 2.57. The van der Waals surface area contributed by atoms with E-state index in [2.05, 4.69) is 4.98 Å². The van der Waals surface area contributed by atoms with Gasteiger partial charge in [-0.2, -0.15) is 0 Å². The van der Waals surface area contributed by atoms with Gasteiger partial charge < -0.3 is 0 Å². The van der Waals surface area contributed by atoms with Crippen LogP contribution in [0.5, 0.6) is 0 Å². The molecule has 1 atom stereocenters. The Morgan fingerprint density at radius 2 is 1.83 bits per heavy atom. The fourth-order valence-electron chi connectivity index (χ4n) is 1.92. The average Bonchev–Trinajstić information content (AvgIpc) is 2.35. The molecule has 0 aliphatic carbocycles. The Morgan fingerprint density at radius 3 is 2.56 bits per heavy atom. The summed E-state index contributed by atoms with van der Waals surface area (Å²) in [6.45, 7) is 4.03. The van der Waals surface area contributed by atoms with Crippen LogP contribution in [0.15, 0.2) is 36.5 Å². The van der Waals surface area contributed by atoms with Crippen molar-refractivity contribution in [2.75, 3.05) is 0 Å². The zero-order chi connectivity index (χ0) is 13.1. The molecule has 1 aromatic carbocycles. The molecule has 0 bridgehead atoms. The highest BCUT2D eigenvalue weighted by Gasteiger charge is 2.15. The molecule has 0 radical (unpaired) electrons. The molecule has 18 heavy (non-hydrogen) atoms. The number of aryl methyl sites for hydroxylation is 2. The first-order chi connectivity index (χ1) is 8.59. The van der Waals surface area contributed by atoms with Crippen LogP contribution in [0.2, 0.25) is 5.02 Å². The van der Waals surface area contributed by atoms with Gasteiger partial charge in [-0.1, -0.05) is 35.9 Å². The standard InChI is InChI=1S/C15H15Cl2N/c1-10-6-4-8-18-14(10)9-13(16)12-7-3-5-11(2)15(12)17/h3-8,13H,9H2,1-2H3. The van der Waals surface area contributed by atoms with Crippen LogP contribution >= 0.6 is 23.2 Å². The normalized spacial score (nSPS) is 12.4. The molecule has 2 rings (SSSR count). The molecule has 1 aromatic heterocycles. The maximum absolute atomic E-state index is 6.47. The summed E-state index contributed by atoms with van der Waals surface area (Å²) in [6.07, 6.45) is 2.49. The molecule has 2 aromatic rings. The summed E-state index contributed by atoms with van der Waals surface area (Å²) in [6, 6.07) is 9.93. The summed E-state index contributed by atoms with van der Waals surface area (Å²) in [5, 5.41) is 0.608. The van der Waals surface area contributed by atoms with Crippen molar-refractivity contribution in [2.45, 2.75) is 25.6 Å². The maximum Gasteiger partial charge on any atom is 0.0655 e. The smallest absolute Gasteiger partial charge is 0.0655 e. The fraction of sp³-hybridized carbons (Fsp3) is 0.267. The van der Waals surface area contributed by atoms with Crippen LogP contribution in [0, 0.1) is 13.8 Å². The minimum absolute atomic E-state index is 0.147. The first kappa shape index (κ1) is 13.4. The lowest BCUT2D eigenvalue weighted by molar-refractivity contribution is 0.869. The summed E-state index contributed by atoms with van der Waals surface area (Å²) in [7, 11) is 0. The van der Waals surface area contributed by atoms with E-state index >= 15 is 0 Å². The monoisotopic (exact) mass is 279 g/mol. The van der Waals surface area contributed by atoms with Crippen LogP contribution in [0.4, 0.5) is 0 Å². The lowest BCUT2D eigenvalue weighted by atomic mass is 10.0. The number of hydrogen-bond acceptors (Lipinski definition) is 1. The van der Waals surface area contributed by atoms with Crippen LogP contribution in [-0.2, 0) is 6.42 Å². The van der Waals surface area contributed by atoms with Crippen LogP contribution < -0.4 is 0 Å². The van der Waals surface area contributed by atoms with E-state index in [-0.39, 0.29) is 5.38 Å². The SMILES string of the molecule is Cc1cccnc1CC(Cl)c1cccc(C)c1Cl. The predicted molar refractivity (Wildman–Crippen MR) is 77.5 cm³/mol. The molecule has 1 nitrogen and oxygen atoms in total. The van der Waals surface area contributed by atoms with E-state index in [1.807, 2.05) is 44.2 Å². The van der Waals surface area contributed by atoms with E-state index in [0.717, 1.165) is 27.4 Å². The van der Waals surface area contributed by atoms with Gasteiger partial charge in [-0.25, -0.2) is 0 Å². The molecule has 0 spiro atoms. The molecule has 1 unspecified atom stereocenters. The number of alkyl halides is 1. The van der Waals surface area contributed by atoms with Crippen molar-refractivity contribution in [2.24, 2.45) is 0 Å². The summed E-state index contributed by atoms with van der Waals surface area (Å²) in [4.78, 5) is 4.37. The predicted octanol–water partition coefficient (Wildman–Crippen LogP) is 4.87. The largest absolute Gasteiger partial charge is 0.261 e. The first-order valence-electron chi connectivity index (χ1n) is 5.89. The number of halogens is 2. The molecule has 0 aliphatic rings. The summed E-state index contributed by atoms with van der Waals surface area (Å²) < 4.78 is 0. The lowest BCUT2D eigenvalue weighted by Crippen LogP contribution is -2.01. The molecule has 0 saturated heterocycles. The molecule has 0 fully saturated rings. The molecule has 1 heterocycles. The van der Waals surface area contributed by atoms with Gasteiger partial charge in [0.05, 0.1) is 5.38 Å². The van der Waals surface area contributed by atoms with E-state index in [0.29, 0.717) is 6.42 Å². The van der Waals surface area contributed by atoms with E-state index in [9.17, 15) is 0 Å². The summed E-state index contributed by atoms with van der Waals surface area (Å²) in [5.74, 6) is 0. The van der Waals surface area contributed by atoms with Crippen molar-refractivity contribution in [1.29, 1.82) is 0 Å². The Morgan fingerprint density at radius 1 is 1.11 bits per heavy atom. The van der Waals surface area contributed by atoms with Crippen molar-refractivity contribution in [3.63, 3.8) is 0 Å². The van der Waals surface area contributed by atoms with Gasteiger partial charge in [-0.3, -0.25) is 4.98 Å². The van der Waals surface area contributed by atoms with Gasteiger partial charge in [-0.05, 0) is 36.6 Å². The first-order valence-corrected chi connectivity index (χ1v) is 6.70. The van der Waals surface area contributed by atoms with E-state index in [1.165, 1.54) is 0 Å². The van der Waals surface area contributed by atoms with Crippen molar-refractivity contribution >= 4 is 23.2 Å². The number of aromatic nitrogens is 1. The number of benzene rings is 1. The van der Waals surface area contributed by atoms with E-state index < -0.39 is 0 Å². The third-order valence-corrected chi connectivity index (χ3v) is 3.96. The number of rotatable bonds is 3. The third-order valence-electron chi connectivity index (χ3n) is 3.05. The summed E-state index contributed by atoms with van der Waals surface area (Å²) >= 11 is 12.8. The molecule has 0 aliphatic heterocycles. The van der Waals surface area contributed by atoms with Crippen molar-refractivity contribution in [1.82, 2.24) is 4.98 Å². The molecule has 94 valence electrons. The Bertz CT molecular complexity index is 552. The van der Waals surface area contributed by atoms with Gasteiger partial charge in [0.1, 0.15) is 0 Å². The Balaban J connectivity index is 2.25. The maximum atomic E-state index is 6.47. The van der Waals surface area contributed by atoms with Crippen LogP contribution in [0.3, 0.4) is 0 Å². The Hall–Kier alpha value is -1.05. The zero-order valence-corrected chi connectivity index (χ0v) is 12.0. The van der Waals surface area contributed by atoms with Gasteiger partial charge in [0.25, 0.3) is 0 Å². The van der Waals surface area contributed by atoms with Gasteiger partial charge in [-0.15, -0.1) is 11.6 Å². The van der Waals surface area contributed by atoms with Gasteiger partial charge >= 0.3 is 0 Å². The molecule has 0 saturated carbocycles. The zero-order valence-electron chi connectivity index (χ0n) is 10.5. The Kier molecular flexibility index (Phi) is 4.26. The van der Waals surface area contributed by atoms with Crippen molar-refractivity contribution < 1.29 is 0 Å². The van der Waals surface area contributed by atoms with Crippen LogP contribution in [0.1, 0.15) is 27.8 Å². The highest BCUT2D eigenvalue weighted by atomic mass is 35.5. The molecule has 0 N–H and O–H groups in total. The minimum atomic E-state index is -0.147. The van der Waals surface area contributed by atoms with Gasteiger partial charge in [0, 0.05) is 23.3 Å². The average molecular weight is 280 g/mol. The Labute approximate surface area is 118 Å². The lowest BCUT2D eigenvalue weighted by Gasteiger charge is -2.13. The second-order valence-corrected chi connectivity index (χ2v) is 5.32. The third kappa shape index (κ3) is 2.85. The van der Waals surface area contributed by atoms with Gasteiger partial charge in [0.2, 0.25) is 0 Å². The number of hydrogen-bond donors (Lipinski definition) is 0. The van der Waals surface area contributed by atoms with Gasteiger partial charge in [0.15, 0.2) is 0 Å². The molecular formula is C15H15Cl2N. The van der Waals surface area contributed by atoms with Crippen LogP contribution in [-0.4, -0.2) is 4.98 Å². The molecular weight excluding hydrogens is 265 g/mol. The summed E-state index contributed by atoms with van der Waals surface area (Å²) in [5.41, 5.74) is 4.21. The van der Waals surface area contributed by atoms with Crippen LogP contribution in [0.25, 0.3) is 0 Å². The topological polar surface area (TPSA) is 12.9 Å². The number of pyridine rings is 1. The second-order valence-electron chi connectivity index (χ2n) is 4.42. The number of nitrogens with zero attached hydrogens (tertiary/aromatic N) is 1. The highest BCUT2D eigenvalue weighted by molar-refractivity contribution is 6.33. The molecule has 3 heteroatoms. The van der Waals surface area contributed by atoms with E-state index in [4.69, 9.17) is 23.2 Å². The van der Waals surface area contributed by atoms with Crippen molar-refractivity contribution in [3.05, 3.63) is 63.9 Å².